The van der Waals surface area contributed by atoms with Crippen molar-refractivity contribution in [3.63, 3.8) is 0 Å². The summed E-state index contributed by atoms with van der Waals surface area (Å²) >= 11 is 0. The molecule has 0 radical (unpaired) electrons. The van der Waals surface area contributed by atoms with Gasteiger partial charge in [-0.25, -0.2) is 23.3 Å². The summed E-state index contributed by atoms with van der Waals surface area (Å²) in [7, 11) is -2.16. The van der Waals surface area contributed by atoms with E-state index in [4.69, 9.17) is 10.1 Å². The molecule has 0 saturated carbocycles. The SMILES string of the molecule is CC1=CN2C(=NC3C2C(=O)N(CCc2ccccc2)C(=O)N3C)N1c1ccc(S(N)(=O)=O)cc1. The van der Waals surface area contributed by atoms with Crippen LogP contribution < -0.4 is 10.0 Å². The van der Waals surface area contributed by atoms with Crippen molar-refractivity contribution < 1.29 is 18.0 Å². The first-order valence-corrected chi connectivity index (χ1v) is 12.3. The fourth-order valence-electron chi connectivity index (χ4n) is 4.55. The molecular formula is C23H24N6O4S. The summed E-state index contributed by atoms with van der Waals surface area (Å²) in [4.78, 5) is 37.6. The van der Waals surface area contributed by atoms with Gasteiger partial charge in [0.1, 0.15) is 0 Å². The highest BCUT2D eigenvalue weighted by Gasteiger charge is 2.54. The van der Waals surface area contributed by atoms with E-state index in [0.717, 1.165) is 11.3 Å². The smallest absolute Gasteiger partial charge is 0.302 e. The molecule has 0 aliphatic carbocycles. The fourth-order valence-corrected chi connectivity index (χ4v) is 5.06. The van der Waals surface area contributed by atoms with Crippen LogP contribution in [0.5, 0.6) is 0 Å². The van der Waals surface area contributed by atoms with Crippen molar-refractivity contribution in [1.29, 1.82) is 0 Å². The van der Waals surface area contributed by atoms with Crippen LogP contribution in [0.4, 0.5) is 10.5 Å². The molecule has 2 aromatic carbocycles. The predicted molar refractivity (Wildman–Crippen MR) is 126 cm³/mol. The zero-order valence-electron chi connectivity index (χ0n) is 18.7. The van der Waals surface area contributed by atoms with E-state index >= 15 is 0 Å². The number of rotatable bonds is 5. The molecule has 0 aromatic heterocycles. The number of likely N-dealkylation sites (N-methyl/N-ethyl adjacent to an activating group) is 1. The number of hydrogen-bond acceptors (Lipinski definition) is 7. The Morgan fingerprint density at radius 3 is 2.35 bits per heavy atom. The Kier molecular flexibility index (Phi) is 5.18. The average Bonchev–Trinajstić information content (AvgIpc) is 3.32. The lowest BCUT2D eigenvalue weighted by Gasteiger charge is -2.40. The van der Waals surface area contributed by atoms with E-state index in [-0.39, 0.29) is 23.4 Å². The molecule has 0 spiro atoms. The lowest BCUT2D eigenvalue weighted by molar-refractivity contribution is -0.136. The molecular weight excluding hydrogens is 456 g/mol. The summed E-state index contributed by atoms with van der Waals surface area (Å²) in [6, 6.07) is 14.8. The molecule has 5 rings (SSSR count). The normalized spacial score (nSPS) is 22.1. The van der Waals surface area contributed by atoms with Gasteiger partial charge in [0.2, 0.25) is 16.0 Å². The van der Waals surface area contributed by atoms with Crippen LogP contribution in [0.2, 0.25) is 0 Å². The minimum Gasteiger partial charge on any atom is -0.302 e. The van der Waals surface area contributed by atoms with Crippen LogP contribution in [-0.2, 0) is 21.2 Å². The topological polar surface area (TPSA) is 120 Å². The maximum atomic E-state index is 13.5. The summed E-state index contributed by atoms with van der Waals surface area (Å²) in [6.07, 6.45) is 1.74. The van der Waals surface area contributed by atoms with Crippen LogP contribution in [0.3, 0.4) is 0 Å². The van der Waals surface area contributed by atoms with Crippen molar-refractivity contribution >= 4 is 33.6 Å². The fraction of sp³-hybridized carbons (Fsp3) is 0.261. The molecule has 2 aromatic rings. The number of hydrogen-bond donors (Lipinski definition) is 1. The summed E-state index contributed by atoms with van der Waals surface area (Å²) in [6.45, 7) is 2.15. The predicted octanol–water partition coefficient (Wildman–Crippen LogP) is 1.52. The van der Waals surface area contributed by atoms with Crippen molar-refractivity contribution in [2.75, 3.05) is 18.5 Å². The summed E-state index contributed by atoms with van der Waals surface area (Å²) in [5, 5.41) is 5.21. The second-order valence-corrected chi connectivity index (χ2v) is 10.0. The van der Waals surface area contributed by atoms with Crippen molar-refractivity contribution in [3.8, 4) is 0 Å². The van der Waals surface area contributed by atoms with Crippen LogP contribution in [0, 0.1) is 0 Å². The number of carbonyl (C=O) groups excluding carboxylic acids is 2. The number of nitrogens with zero attached hydrogens (tertiary/aromatic N) is 5. The third-order valence-corrected chi connectivity index (χ3v) is 7.21. The number of urea groups is 1. The first-order chi connectivity index (χ1) is 16.2. The van der Waals surface area contributed by atoms with Crippen LogP contribution in [-0.4, -0.2) is 66.8 Å². The molecule has 11 heteroatoms. The number of carbonyl (C=O) groups is 2. The number of allylic oxidation sites excluding steroid dienone is 1. The Hall–Kier alpha value is -3.70. The van der Waals surface area contributed by atoms with Gasteiger partial charge in [-0.05, 0) is 43.2 Å². The van der Waals surface area contributed by atoms with Crippen molar-refractivity contribution in [2.45, 2.75) is 30.4 Å². The molecule has 1 fully saturated rings. The maximum Gasteiger partial charge on any atom is 0.328 e. The van der Waals surface area contributed by atoms with Gasteiger partial charge in [0, 0.05) is 31.2 Å². The number of aliphatic imine (C=N–C) groups is 1. The number of guanidine groups is 1. The largest absolute Gasteiger partial charge is 0.328 e. The molecule has 10 nitrogen and oxygen atoms in total. The van der Waals surface area contributed by atoms with Crippen molar-refractivity contribution in [3.05, 3.63) is 72.1 Å². The number of anilines is 1. The average molecular weight is 481 g/mol. The molecule has 2 unspecified atom stereocenters. The van der Waals surface area contributed by atoms with Gasteiger partial charge in [0.05, 0.1) is 4.90 Å². The van der Waals surface area contributed by atoms with Gasteiger partial charge >= 0.3 is 6.03 Å². The molecule has 0 bridgehead atoms. The third-order valence-electron chi connectivity index (χ3n) is 6.28. The molecule has 3 amide bonds. The van der Waals surface area contributed by atoms with Gasteiger partial charge in [-0.3, -0.25) is 14.6 Å². The van der Waals surface area contributed by atoms with Gasteiger partial charge in [-0.2, -0.15) is 0 Å². The van der Waals surface area contributed by atoms with Crippen LogP contribution in [0.25, 0.3) is 0 Å². The van der Waals surface area contributed by atoms with E-state index in [9.17, 15) is 18.0 Å². The summed E-state index contributed by atoms with van der Waals surface area (Å²) in [5.74, 6) is 0.215. The van der Waals surface area contributed by atoms with Crippen LogP contribution in [0.1, 0.15) is 12.5 Å². The van der Waals surface area contributed by atoms with Crippen LogP contribution >= 0.6 is 0 Å². The van der Waals surface area contributed by atoms with E-state index in [1.54, 1.807) is 24.1 Å². The molecule has 3 heterocycles. The molecule has 2 N–H and O–H groups in total. The molecule has 3 aliphatic rings. The van der Waals surface area contributed by atoms with E-state index in [1.165, 1.54) is 21.9 Å². The minimum atomic E-state index is -3.81. The number of fused-ring (bicyclic) bond motifs is 3. The summed E-state index contributed by atoms with van der Waals surface area (Å²) in [5.41, 5.74) is 2.52. The zero-order chi connectivity index (χ0) is 24.2. The number of imide groups is 1. The second-order valence-electron chi connectivity index (χ2n) is 8.46. The highest BCUT2D eigenvalue weighted by atomic mass is 32.2. The van der Waals surface area contributed by atoms with E-state index in [1.807, 2.05) is 48.4 Å². The monoisotopic (exact) mass is 480 g/mol. The second kappa shape index (κ2) is 7.96. The Morgan fingerprint density at radius 1 is 1.03 bits per heavy atom. The third kappa shape index (κ3) is 3.53. The molecule has 3 aliphatic heterocycles. The number of primary sulfonamides is 1. The summed E-state index contributed by atoms with van der Waals surface area (Å²) < 4.78 is 23.2. The van der Waals surface area contributed by atoms with Gasteiger partial charge in [-0.15, -0.1) is 0 Å². The van der Waals surface area contributed by atoms with Crippen LogP contribution in [0.15, 0.2) is 76.4 Å². The van der Waals surface area contributed by atoms with Gasteiger partial charge < -0.3 is 9.80 Å². The van der Waals surface area contributed by atoms with E-state index < -0.39 is 22.2 Å². The number of amides is 3. The van der Waals surface area contributed by atoms with E-state index in [2.05, 4.69) is 0 Å². The lowest BCUT2D eigenvalue weighted by Crippen LogP contribution is -2.64. The molecule has 2 atom stereocenters. The first kappa shape index (κ1) is 22.1. The Labute approximate surface area is 197 Å². The Morgan fingerprint density at radius 2 is 1.71 bits per heavy atom. The quantitative estimate of drug-likeness (QED) is 0.693. The Bertz CT molecular complexity index is 1320. The molecule has 1 saturated heterocycles. The van der Waals surface area contributed by atoms with Crippen molar-refractivity contribution in [1.82, 2.24) is 14.7 Å². The number of benzene rings is 2. The standard InChI is InChI=1S/C23H24N6O4S/c1-15-14-28-19-20(25-22(28)29(15)17-8-10-18(11-9-17)34(24,32)33)26(2)23(31)27(21(19)30)13-12-16-6-4-3-5-7-16/h3-11,14,19-20H,12-13H2,1-2H3,(H2,24,32,33). The number of sulfonamides is 1. The minimum absolute atomic E-state index is 0.00512. The first-order valence-electron chi connectivity index (χ1n) is 10.8. The van der Waals surface area contributed by atoms with Gasteiger partial charge in [0.15, 0.2) is 12.2 Å². The highest BCUT2D eigenvalue weighted by Crippen LogP contribution is 2.36. The number of nitrogens with two attached hydrogens (primary N) is 1. The Balaban J connectivity index is 1.41. The maximum absolute atomic E-state index is 13.5. The van der Waals surface area contributed by atoms with Gasteiger partial charge in [-0.1, -0.05) is 30.3 Å². The van der Waals surface area contributed by atoms with Crippen molar-refractivity contribution in [2.24, 2.45) is 10.1 Å². The molecule has 34 heavy (non-hydrogen) atoms. The highest BCUT2D eigenvalue weighted by molar-refractivity contribution is 7.89. The lowest BCUT2D eigenvalue weighted by atomic mass is 10.1. The van der Waals surface area contributed by atoms with E-state index in [0.29, 0.717) is 18.1 Å². The zero-order valence-corrected chi connectivity index (χ0v) is 19.5. The van der Waals surface area contributed by atoms with Gasteiger partial charge in [0.25, 0.3) is 5.91 Å². The molecule has 176 valence electrons.